The van der Waals surface area contributed by atoms with E-state index in [0.29, 0.717) is 11.8 Å². The van der Waals surface area contributed by atoms with Gasteiger partial charge >= 0.3 is 0 Å². The van der Waals surface area contributed by atoms with Crippen molar-refractivity contribution in [2.75, 3.05) is 6.61 Å². The standard InChI is InChI=1S/C13H16O/c1-3-13(9-14)10(2)12(13)11-7-5-4-6-8-11/h3-8,10,12,14H,1,9H2,2H3/t10-,12+,13-/m1/s1. The van der Waals surface area contributed by atoms with Crippen LogP contribution in [0.25, 0.3) is 0 Å². The fourth-order valence-electron chi connectivity index (χ4n) is 2.53. The van der Waals surface area contributed by atoms with Crippen molar-refractivity contribution in [3.8, 4) is 0 Å². The van der Waals surface area contributed by atoms with Gasteiger partial charge in [0.1, 0.15) is 0 Å². The maximum absolute atomic E-state index is 9.39. The molecule has 0 bridgehead atoms. The Balaban J connectivity index is 2.28. The van der Waals surface area contributed by atoms with Gasteiger partial charge in [0.2, 0.25) is 0 Å². The van der Waals surface area contributed by atoms with Crippen molar-refractivity contribution in [3.05, 3.63) is 48.6 Å². The highest BCUT2D eigenvalue weighted by Crippen LogP contribution is 2.64. The summed E-state index contributed by atoms with van der Waals surface area (Å²) in [7, 11) is 0. The molecule has 0 saturated heterocycles. The summed E-state index contributed by atoms with van der Waals surface area (Å²) in [5, 5.41) is 9.39. The zero-order valence-corrected chi connectivity index (χ0v) is 8.48. The second-order valence-electron chi connectivity index (χ2n) is 4.15. The molecule has 3 atom stereocenters. The molecule has 2 rings (SSSR count). The molecule has 14 heavy (non-hydrogen) atoms. The normalized spacial score (nSPS) is 35.3. The van der Waals surface area contributed by atoms with Crippen LogP contribution in [0.4, 0.5) is 0 Å². The first-order valence-corrected chi connectivity index (χ1v) is 5.05. The van der Waals surface area contributed by atoms with E-state index in [1.165, 1.54) is 5.56 Å². The molecule has 0 radical (unpaired) electrons. The minimum Gasteiger partial charge on any atom is -0.395 e. The van der Waals surface area contributed by atoms with Crippen LogP contribution in [0.15, 0.2) is 43.0 Å². The molecule has 74 valence electrons. The number of hydrogen-bond donors (Lipinski definition) is 1. The van der Waals surface area contributed by atoms with Crippen LogP contribution in [0.5, 0.6) is 0 Å². The smallest absolute Gasteiger partial charge is 0.0530 e. The molecule has 1 nitrogen and oxygen atoms in total. The molecule has 1 fully saturated rings. The van der Waals surface area contributed by atoms with Crippen LogP contribution in [0.2, 0.25) is 0 Å². The van der Waals surface area contributed by atoms with Crippen molar-refractivity contribution < 1.29 is 5.11 Å². The van der Waals surface area contributed by atoms with Crippen LogP contribution < -0.4 is 0 Å². The fourth-order valence-corrected chi connectivity index (χ4v) is 2.53. The van der Waals surface area contributed by atoms with Crippen molar-refractivity contribution in [2.24, 2.45) is 11.3 Å². The third-order valence-electron chi connectivity index (χ3n) is 3.63. The molecule has 1 heteroatoms. The van der Waals surface area contributed by atoms with Crippen molar-refractivity contribution >= 4 is 0 Å². The molecule has 1 aromatic carbocycles. The lowest BCUT2D eigenvalue weighted by Crippen LogP contribution is -2.06. The van der Waals surface area contributed by atoms with Gasteiger partial charge in [-0.1, -0.05) is 43.3 Å². The topological polar surface area (TPSA) is 20.2 Å². The van der Waals surface area contributed by atoms with Crippen molar-refractivity contribution in [2.45, 2.75) is 12.8 Å². The van der Waals surface area contributed by atoms with Crippen LogP contribution >= 0.6 is 0 Å². The van der Waals surface area contributed by atoms with Gasteiger partial charge < -0.3 is 5.11 Å². The van der Waals surface area contributed by atoms with Gasteiger partial charge in [0, 0.05) is 5.41 Å². The minimum absolute atomic E-state index is 0.0681. The molecule has 0 unspecified atom stereocenters. The van der Waals surface area contributed by atoms with Gasteiger partial charge in [0.05, 0.1) is 6.61 Å². The lowest BCUT2D eigenvalue weighted by atomic mass is 10.00. The number of aliphatic hydroxyl groups excluding tert-OH is 1. The molecule has 1 N–H and O–H groups in total. The van der Waals surface area contributed by atoms with Gasteiger partial charge in [0.25, 0.3) is 0 Å². The van der Waals surface area contributed by atoms with Crippen molar-refractivity contribution in [1.82, 2.24) is 0 Å². The first-order chi connectivity index (χ1) is 6.76. The van der Waals surface area contributed by atoms with E-state index in [2.05, 4.69) is 25.6 Å². The molecule has 1 aromatic rings. The highest BCUT2D eigenvalue weighted by atomic mass is 16.3. The monoisotopic (exact) mass is 188 g/mol. The molecule has 0 heterocycles. The highest BCUT2D eigenvalue weighted by molar-refractivity contribution is 5.35. The predicted octanol–water partition coefficient (Wildman–Crippen LogP) is 2.58. The Kier molecular flexibility index (Phi) is 2.20. The van der Waals surface area contributed by atoms with E-state index in [0.717, 1.165) is 0 Å². The average molecular weight is 188 g/mol. The Labute approximate surface area is 85.1 Å². The second-order valence-corrected chi connectivity index (χ2v) is 4.15. The van der Waals surface area contributed by atoms with Crippen LogP contribution in [0.1, 0.15) is 18.4 Å². The summed E-state index contributed by atoms with van der Waals surface area (Å²) in [6, 6.07) is 10.4. The van der Waals surface area contributed by atoms with Crippen LogP contribution in [-0.4, -0.2) is 11.7 Å². The third kappa shape index (κ3) is 1.12. The summed E-state index contributed by atoms with van der Waals surface area (Å²) in [4.78, 5) is 0. The molecule has 0 spiro atoms. The van der Waals surface area contributed by atoms with Crippen LogP contribution in [-0.2, 0) is 0 Å². The molecule has 0 aliphatic heterocycles. The lowest BCUT2D eigenvalue weighted by molar-refractivity contribution is 0.230. The number of aliphatic hydroxyl groups is 1. The fraction of sp³-hybridized carbons (Fsp3) is 0.385. The minimum atomic E-state index is -0.0681. The molecular weight excluding hydrogens is 172 g/mol. The summed E-state index contributed by atoms with van der Waals surface area (Å²) in [5.74, 6) is 0.957. The number of rotatable bonds is 3. The SMILES string of the molecule is C=C[C@@]1(CO)[C@H](C)[C@H]1c1ccccc1. The Morgan fingerprint density at radius 3 is 2.50 bits per heavy atom. The average Bonchev–Trinajstić information content (AvgIpc) is 2.85. The summed E-state index contributed by atoms with van der Waals surface area (Å²) >= 11 is 0. The molecular formula is C13H16O. The molecule has 1 saturated carbocycles. The van der Waals surface area contributed by atoms with Gasteiger partial charge in [-0.05, 0) is 17.4 Å². The summed E-state index contributed by atoms with van der Waals surface area (Å²) in [6.07, 6.45) is 1.91. The van der Waals surface area contributed by atoms with E-state index >= 15 is 0 Å². The van der Waals surface area contributed by atoms with Gasteiger partial charge in [-0.2, -0.15) is 0 Å². The van der Waals surface area contributed by atoms with Gasteiger partial charge in [-0.25, -0.2) is 0 Å². The Bertz CT molecular complexity index is 330. The van der Waals surface area contributed by atoms with E-state index in [9.17, 15) is 5.11 Å². The number of hydrogen-bond acceptors (Lipinski definition) is 1. The third-order valence-corrected chi connectivity index (χ3v) is 3.63. The lowest BCUT2D eigenvalue weighted by Gasteiger charge is -2.07. The number of benzene rings is 1. The van der Waals surface area contributed by atoms with Gasteiger partial charge in [-0.15, -0.1) is 6.58 Å². The molecule has 0 amide bonds. The summed E-state index contributed by atoms with van der Waals surface area (Å²) < 4.78 is 0. The Morgan fingerprint density at radius 2 is 2.07 bits per heavy atom. The van der Waals surface area contributed by atoms with Crippen LogP contribution in [0.3, 0.4) is 0 Å². The van der Waals surface area contributed by atoms with E-state index in [1.54, 1.807) is 0 Å². The van der Waals surface area contributed by atoms with E-state index in [-0.39, 0.29) is 12.0 Å². The Morgan fingerprint density at radius 1 is 1.43 bits per heavy atom. The van der Waals surface area contributed by atoms with Crippen molar-refractivity contribution in [3.63, 3.8) is 0 Å². The van der Waals surface area contributed by atoms with Gasteiger partial charge in [-0.3, -0.25) is 0 Å². The summed E-state index contributed by atoms with van der Waals surface area (Å²) in [5.41, 5.74) is 1.25. The maximum Gasteiger partial charge on any atom is 0.0530 e. The zero-order chi connectivity index (χ0) is 10.2. The predicted molar refractivity (Wildman–Crippen MR) is 58.1 cm³/mol. The van der Waals surface area contributed by atoms with E-state index in [4.69, 9.17) is 0 Å². The first-order valence-electron chi connectivity index (χ1n) is 5.05. The second kappa shape index (κ2) is 3.25. The first kappa shape index (κ1) is 9.47. The van der Waals surface area contributed by atoms with E-state index in [1.807, 2.05) is 24.3 Å². The molecule has 1 aliphatic carbocycles. The van der Waals surface area contributed by atoms with E-state index < -0.39 is 0 Å². The largest absolute Gasteiger partial charge is 0.395 e. The van der Waals surface area contributed by atoms with Crippen molar-refractivity contribution in [1.29, 1.82) is 0 Å². The maximum atomic E-state index is 9.39. The quantitative estimate of drug-likeness (QED) is 0.723. The molecule has 1 aliphatic rings. The zero-order valence-electron chi connectivity index (χ0n) is 8.48. The Hall–Kier alpha value is -1.08. The molecule has 0 aromatic heterocycles. The highest BCUT2D eigenvalue weighted by Gasteiger charge is 2.59. The van der Waals surface area contributed by atoms with Gasteiger partial charge in [0.15, 0.2) is 0 Å². The summed E-state index contributed by atoms with van der Waals surface area (Å²) in [6.45, 7) is 6.21. The van der Waals surface area contributed by atoms with Crippen LogP contribution in [0, 0.1) is 11.3 Å².